The first-order valence-corrected chi connectivity index (χ1v) is 10.4. The highest BCUT2D eigenvalue weighted by molar-refractivity contribution is 6.11. The molecule has 3 aromatic rings. The molecule has 164 valence electrons. The Labute approximate surface area is 186 Å². The Kier molecular flexibility index (Phi) is 5.98. The molecule has 3 heterocycles. The molecule has 1 aliphatic heterocycles. The third-order valence-electron chi connectivity index (χ3n) is 5.41. The number of hydrogen-bond donors (Lipinski definition) is 3. The Morgan fingerprint density at radius 1 is 0.938 bits per heavy atom. The van der Waals surface area contributed by atoms with Crippen LogP contribution >= 0.6 is 0 Å². The number of pyridine rings is 1. The van der Waals surface area contributed by atoms with Gasteiger partial charge in [0, 0.05) is 37.5 Å². The van der Waals surface area contributed by atoms with Gasteiger partial charge < -0.3 is 15.5 Å². The zero-order chi connectivity index (χ0) is 22.7. The number of amidine groups is 1. The molecule has 0 spiro atoms. The number of nitrogens with zero attached hydrogens (tertiary/aromatic N) is 4. The third-order valence-corrected chi connectivity index (χ3v) is 5.41. The van der Waals surface area contributed by atoms with Crippen molar-refractivity contribution in [2.24, 2.45) is 7.05 Å². The number of carbonyl (C=O) groups is 2. The summed E-state index contributed by atoms with van der Waals surface area (Å²) < 4.78 is 1.44. The van der Waals surface area contributed by atoms with E-state index in [4.69, 9.17) is 5.41 Å². The van der Waals surface area contributed by atoms with Crippen LogP contribution in [0.5, 0.6) is 0 Å². The van der Waals surface area contributed by atoms with Gasteiger partial charge in [-0.05, 0) is 43.5 Å². The van der Waals surface area contributed by atoms with Crippen LogP contribution in [0.25, 0.3) is 0 Å². The van der Waals surface area contributed by atoms with E-state index < -0.39 is 5.91 Å². The maximum Gasteiger partial charge on any atom is 0.262 e. The molecule has 1 aromatic carbocycles. The van der Waals surface area contributed by atoms with Crippen LogP contribution in [-0.2, 0) is 7.05 Å². The van der Waals surface area contributed by atoms with Gasteiger partial charge in [-0.2, -0.15) is 5.10 Å². The van der Waals surface area contributed by atoms with E-state index >= 15 is 0 Å². The predicted molar refractivity (Wildman–Crippen MR) is 122 cm³/mol. The van der Waals surface area contributed by atoms with Crippen molar-refractivity contribution in [2.45, 2.75) is 19.8 Å². The van der Waals surface area contributed by atoms with Crippen molar-refractivity contribution in [3.63, 3.8) is 0 Å². The van der Waals surface area contributed by atoms with Crippen molar-refractivity contribution in [1.29, 1.82) is 5.41 Å². The number of nitrogens with one attached hydrogen (secondary N) is 3. The Morgan fingerprint density at radius 2 is 1.62 bits per heavy atom. The molecule has 1 fully saturated rings. The van der Waals surface area contributed by atoms with E-state index in [-0.39, 0.29) is 17.3 Å². The van der Waals surface area contributed by atoms with E-state index in [1.807, 2.05) is 17.9 Å². The topological polar surface area (TPSA) is 116 Å². The molecule has 32 heavy (non-hydrogen) atoms. The van der Waals surface area contributed by atoms with Gasteiger partial charge in [-0.3, -0.25) is 19.7 Å². The number of amides is 2. The average molecular weight is 432 g/mol. The lowest BCUT2D eigenvalue weighted by molar-refractivity contribution is 0.102. The minimum atomic E-state index is -0.417. The van der Waals surface area contributed by atoms with E-state index in [1.54, 1.807) is 43.6 Å². The molecule has 0 aliphatic carbocycles. The predicted octanol–water partition coefficient (Wildman–Crippen LogP) is 3.05. The smallest absolute Gasteiger partial charge is 0.262 e. The van der Waals surface area contributed by atoms with Gasteiger partial charge in [-0.25, -0.2) is 4.98 Å². The van der Waals surface area contributed by atoms with E-state index in [0.29, 0.717) is 17.2 Å². The molecule has 0 radical (unpaired) electrons. The maximum absolute atomic E-state index is 12.8. The molecular formula is C23H25N7O2. The van der Waals surface area contributed by atoms with Crippen molar-refractivity contribution in [1.82, 2.24) is 19.7 Å². The highest BCUT2D eigenvalue weighted by Gasteiger charge is 2.20. The maximum atomic E-state index is 12.8. The molecule has 9 heteroatoms. The van der Waals surface area contributed by atoms with Crippen LogP contribution in [0.4, 0.5) is 11.6 Å². The molecule has 2 aromatic heterocycles. The largest absolute Gasteiger partial charge is 0.357 e. The second-order valence-corrected chi connectivity index (χ2v) is 7.78. The Bertz CT molecular complexity index is 1140. The van der Waals surface area contributed by atoms with Crippen LogP contribution in [0.3, 0.4) is 0 Å². The standard InChI is InChI=1S/C23H25N7O2/c1-15-5-10-19(25-13-15)27-23(32)18-14-26-29(2)21(18)28-22(31)17-8-6-16(7-9-17)20(24)30-11-3-4-12-30/h5-10,13-14,24H,3-4,11-12H2,1-2H3,(H,28,31)(H,25,27,32). The van der Waals surface area contributed by atoms with Gasteiger partial charge in [-0.15, -0.1) is 0 Å². The minimum Gasteiger partial charge on any atom is -0.357 e. The number of benzene rings is 1. The zero-order valence-electron chi connectivity index (χ0n) is 18.1. The second-order valence-electron chi connectivity index (χ2n) is 7.78. The molecule has 9 nitrogen and oxygen atoms in total. The first kappa shape index (κ1) is 21.2. The normalized spacial score (nSPS) is 13.1. The monoisotopic (exact) mass is 431 g/mol. The van der Waals surface area contributed by atoms with Gasteiger partial charge in [0.2, 0.25) is 0 Å². The van der Waals surface area contributed by atoms with Crippen molar-refractivity contribution < 1.29 is 9.59 Å². The van der Waals surface area contributed by atoms with Crippen molar-refractivity contribution >= 4 is 29.3 Å². The van der Waals surface area contributed by atoms with Crippen LogP contribution in [-0.4, -0.2) is 50.4 Å². The molecule has 0 atom stereocenters. The molecule has 4 rings (SSSR count). The summed E-state index contributed by atoms with van der Waals surface area (Å²) in [5.74, 6) is 0.394. The quantitative estimate of drug-likeness (QED) is 0.424. The lowest BCUT2D eigenvalue weighted by atomic mass is 10.1. The third kappa shape index (κ3) is 4.51. The van der Waals surface area contributed by atoms with Gasteiger partial charge in [0.05, 0.1) is 6.20 Å². The van der Waals surface area contributed by atoms with Gasteiger partial charge in [-0.1, -0.05) is 18.2 Å². The number of carbonyl (C=O) groups excluding carboxylic acids is 2. The summed E-state index contributed by atoms with van der Waals surface area (Å²) in [5.41, 5.74) is 2.42. The van der Waals surface area contributed by atoms with Crippen LogP contribution in [0.2, 0.25) is 0 Å². The van der Waals surface area contributed by atoms with Crippen LogP contribution in [0, 0.1) is 12.3 Å². The first-order chi connectivity index (χ1) is 15.4. The van der Waals surface area contributed by atoms with E-state index in [1.165, 1.54) is 10.9 Å². The minimum absolute atomic E-state index is 0.232. The summed E-state index contributed by atoms with van der Waals surface area (Å²) in [6, 6.07) is 10.5. The lowest BCUT2D eigenvalue weighted by Gasteiger charge is -2.18. The number of aromatic nitrogens is 3. The van der Waals surface area contributed by atoms with E-state index in [9.17, 15) is 9.59 Å². The highest BCUT2D eigenvalue weighted by atomic mass is 16.2. The van der Waals surface area contributed by atoms with Crippen LogP contribution in [0.15, 0.2) is 48.8 Å². The zero-order valence-corrected chi connectivity index (χ0v) is 18.1. The van der Waals surface area contributed by atoms with Crippen molar-refractivity contribution in [2.75, 3.05) is 23.7 Å². The van der Waals surface area contributed by atoms with Crippen LogP contribution in [0.1, 0.15) is 44.7 Å². The first-order valence-electron chi connectivity index (χ1n) is 10.4. The summed E-state index contributed by atoms with van der Waals surface area (Å²) in [6.45, 7) is 3.70. The Hall–Kier alpha value is -4.01. The number of rotatable bonds is 5. The Balaban J connectivity index is 1.46. The lowest BCUT2D eigenvalue weighted by Crippen LogP contribution is -2.27. The summed E-state index contributed by atoms with van der Waals surface area (Å²) >= 11 is 0. The summed E-state index contributed by atoms with van der Waals surface area (Å²) in [7, 11) is 1.65. The SMILES string of the molecule is Cc1ccc(NC(=O)c2cnn(C)c2NC(=O)c2ccc(C(=N)N3CCCC3)cc2)nc1. The fraction of sp³-hybridized carbons (Fsp3) is 0.261. The summed E-state index contributed by atoms with van der Waals surface area (Å²) in [5, 5.41) is 17.9. The molecule has 0 bridgehead atoms. The fourth-order valence-corrected chi connectivity index (χ4v) is 3.56. The fourth-order valence-electron chi connectivity index (χ4n) is 3.56. The molecule has 0 saturated carbocycles. The molecule has 1 saturated heterocycles. The van der Waals surface area contributed by atoms with Gasteiger partial charge in [0.15, 0.2) is 0 Å². The molecule has 0 unspecified atom stereocenters. The van der Waals surface area contributed by atoms with Gasteiger partial charge >= 0.3 is 0 Å². The summed E-state index contributed by atoms with van der Waals surface area (Å²) in [4.78, 5) is 31.7. The Morgan fingerprint density at radius 3 is 2.28 bits per heavy atom. The van der Waals surface area contributed by atoms with Gasteiger partial charge in [0.1, 0.15) is 23.0 Å². The van der Waals surface area contributed by atoms with Crippen molar-refractivity contribution in [3.8, 4) is 0 Å². The molecule has 2 amide bonds. The average Bonchev–Trinajstić information content (AvgIpc) is 3.46. The molecular weight excluding hydrogens is 406 g/mol. The second kappa shape index (κ2) is 9.01. The number of anilines is 2. The van der Waals surface area contributed by atoms with Crippen LogP contribution < -0.4 is 10.6 Å². The summed E-state index contributed by atoms with van der Waals surface area (Å²) in [6.07, 6.45) is 5.27. The molecule has 1 aliphatic rings. The van der Waals surface area contributed by atoms with E-state index in [2.05, 4.69) is 20.7 Å². The molecule has 3 N–H and O–H groups in total. The van der Waals surface area contributed by atoms with E-state index in [0.717, 1.165) is 37.1 Å². The highest BCUT2D eigenvalue weighted by Crippen LogP contribution is 2.18. The van der Waals surface area contributed by atoms with Gasteiger partial charge in [0.25, 0.3) is 11.8 Å². The number of hydrogen-bond acceptors (Lipinski definition) is 5. The number of aryl methyl sites for hydroxylation is 2. The number of likely N-dealkylation sites (tertiary alicyclic amines) is 1. The van der Waals surface area contributed by atoms with Crippen molar-refractivity contribution in [3.05, 3.63) is 71.0 Å².